The molecule has 36 heavy (non-hydrogen) atoms. The first-order valence-electron chi connectivity index (χ1n) is 10.8. The number of alkyl halides is 3. The van der Waals surface area contributed by atoms with Gasteiger partial charge in [0.2, 0.25) is 0 Å². The van der Waals surface area contributed by atoms with Gasteiger partial charge < -0.3 is 25.8 Å². The second-order valence-corrected chi connectivity index (χ2v) is 8.42. The van der Waals surface area contributed by atoms with Crippen LogP contribution in [0.3, 0.4) is 0 Å². The highest BCUT2D eigenvalue weighted by Crippen LogP contribution is 2.39. The topological polar surface area (TPSA) is 106 Å². The molecule has 11 heteroatoms. The first-order valence-corrected chi connectivity index (χ1v) is 10.8. The van der Waals surface area contributed by atoms with Crippen molar-refractivity contribution < 1.29 is 32.2 Å². The van der Waals surface area contributed by atoms with Gasteiger partial charge in [-0.05, 0) is 62.2 Å². The molecule has 2 amide bonds. The van der Waals surface area contributed by atoms with Gasteiger partial charge in [-0.2, -0.15) is 18.4 Å². The summed E-state index contributed by atoms with van der Waals surface area (Å²) in [5.74, 6) is -0.525. The molecule has 7 nitrogen and oxygen atoms in total. The number of nitrogens with zero attached hydrogens (tertiary/aromatic N) is 1. The molecular formula is C25H24F4N4O3. The summed E-state index contributed by atoms with van der Waals surface area (Å²) in [6.45, 7) is 4.80. The molecule has 2 aromatic carbocycles. The molecule has 0 aliphatic carbocycles. The number of anilines is 2. The summed E-state index contributed by atoms with van der Waals surface area (Å²) in [4.78, 5) is 12.4. The highest BCUT2D eigenvalue weighted by Gasteiger charge is 2.38. The number of nitrogens with one attached hydrogen (secondary N) is 3. The van der Waals surface area contributed by atoms with Crippen LogP contribution < -0.4 is 16.0 Å². The van der Waals surface area contributed by atoms with Gasteiger partial charge in [-0.15, -0.1) is 0 Å². The molecule has 0 bridgehead atoms. The fourth-order valence-electron chi connectivity index (χ4n) is 3.52. The third-order valence-electron chi connectivity index (χ3n) is 5.36. The van der Waals surface area contributed by atoms with Crippen molar-refractivity contribution in [3.63, 3.8) is 0 Å². The number of nitriles is 1. The van der Waals surface area contributed by atoms with E-state index in [1.165, 1.54) is 38.2 Å². The van der Waals surface area contributed by atoms with E-state index >= 15 is 0 Å². The average Bonchev–Trinajstić information content (AvgIpc) is 2.81. The van der Waals surface area contributed by atoms with Crippen LogP contribution in [0, 0.1) is 17.1 Å². The molecule has 3 rings (SSSR count). The number of allylic oxidation sites excluding steroid dienone is 2. The summed E-state index contributed by atoms with van der Waals surface area (Å²) in [7, 11) is 0. The number of urea groups is 1. The zero-order valence-electron chi connectivity index (χ0n) is 19.6. The Bertz CT molecular complexity index is 1260. The quantitative estimate of drug-likeness (QED) is 0.390. The number of ether oxygens (including phenoxy) is 1. The smallest absolute Gasteiger partial charge is 0.416 e. The number of carbonyl (C=O) groups is 1. The second kappa shape index (κ2) is 10.3. The predicted molar refractivity (Wildman–Crippen MR) is 126 cm³/mol. The van der Waals surface area contributed by atoms with Gasteiger partial charge in [0.15, 0.2) is 6.23 Å². The van der Waals surface area contributed by atoms with E-state index in [1.54, 1.807) is 13.0 Å². The van der Waals surface area contributed by atoms with Crippen LogP contribution >= 0.6 is 0 Å². The van der Waals surface area contributed by atoms with Crippen LogP contribution in [0.15, 0.2) is 54.4 Å². The molecule has 2 aromatic rings. The van der Waals surface area contributed by atoms with Gasteiger partial charge >= 0.3 is 12.2 Å². The summed E-state index contributed by atoms with van der Waals surface area (Å²) in [6.07, 6.45) is -2.75. The first-order chi connectivity index (χ1) is 16.9. The van der Waals surface area contributed by atoms with Crippen LogP contribution in [0.25, 0.3) is 5.57 Å². The summed E-state index contributed by atoms with van der Waals surface area (Å²) in [6, 6.07) is 7.94. The van der Waals surface area contributed by atoms with E-state index in [1.807, 2.05) is 6.07 Å². The minimum absolute atomic E-state index is 0.181. The van der Waals surface area contributed by atoms with Gasteiger partial charge in [-0.3, -0.25) is 0 Å². The highest BCUT2D eigenvalue weighted by atomic mass is 19.4. The Kier molecular flexibility index (Phi) is 7.59. The monoisotopic (exact) mass is 504 g/mol. The lowest BCUT2D eigenvalue weighted by atomic mass is 9.83. The van der Waals surface area contributed by atoms with Crippen LogP contribution in [-0.2, 0) is 16.3 Å². The van der Waals surface area contributed by atoms with Crippen molar-refractivity contribution in [2.75, 3.05) is 17.2 Å². The molecule has 4 N–H and O–H groups in total. The number of benzene rings is 2. The van der Waals surface area contributed by atoms with Crippen molar-refractivity contribution in [3.05, 3.63) is 76.9 Å². The van der Waals surface area contributed by atoms with Crippen LogP contribution in [-0.4, -0.2) is 24.0 Å². The summed E-state index contributed by atoms with van der Waals surface area (Å²) in [5, 5.41) is 26.3. The molecule has 0 saturated carbocycles. The largest absolute Gasteiger partial charge is 0.493 e. The Morgan fingerprint density at radius 3 is 2.50 bits per heavy atom. The van der Waals surface area contributed by atoms with E-state index in [0.717, 1.165) is 18.2 Å². The molecule has 0 spiro atoms. The number of hydrogen-bond acceptors (Lipinski definition) is 5. The number of dihydropyridines is 1. The molecule has 1 aliphatic heterocycles. The summed E-state index contributed by atoms with van der Waals surface area (Å²) >= 11 is 0. The Balaban J connectivity index is 1.77. The fourth-order valence-corrected chi connectivity index (χ4v) is 3.52. The minimum atomic E-state index is -4.76. The first kappa shape index (κ1) is 26.6. The maximum absolute atomic E-state index is 14.7. The van der Waals surface area contributed by atoms with Crippen LogP contribution in [0.1, 0.15) is 37.5 Å². The molecule has 1 heterocycles. The standard InChI is InChI=1S/C25H24F4N4O3/c1-4-36-21-10-15(12-31-22(21)34)14-5-8-20(19(26)9-14)33-23(35)32-16-6-7-17(24(2,3)13-30)18(11-16)25(27,28)29/h5-12,22,31,34H,4H2,1-3H3,(H2,32,33,35). The van der Waals surface area contributed by atoms with Crippen molar-refractivity contribution in [1.82, 2.24) is 5.32 Å². The molecule has 0 aromatic heterocycles. The molecule has 0 fully saturated rings. The van der Waals surface area contributed by atoms with Gasteiger partial charge in [-0.1, -0.05) is 12.1 Å². The number of aliphatic hydroxyl groups is 1. The molecule has 1 aliphatic rings. The van der Waals surface area contributed by atoms with Crippen molar-refractivity contribution in [3.8, 4) is 6.07 Å². The van der Waals surface area contributed by atoms with Gasteiger partial charge in [0.25, 0.3) is 0 Å². The molecule has 190 valence electrons. The SMILES string of the molecule is CCOC1=CC(c2ccc(NC(=O)Nc3ccc(C(C)(C)C#N)c(C(F)(F)F)c3)c(F)c2)=CNC1O. The van der Waals surface area contributed by atoms with Crippen LogP contribution in [0.4, 0.5) is 33.7 Å². The van der Waals surface area contributed by atoms with Crippen LogP contribution in [0.2, 0.25) is 0 Å². The van der Waals surface area contributed by atoms with E-state index < -0.39 is 35.2 Å². The number of aliphatic hydroxyl groups excluding tert-OH is 1. The van der Waals surface area contributed by atoms with Crippen LogP contribution in [0.5, 0.6) is 0 Å². The Hall–Kier alpha value is -4.04. The van der Waals surface area contributed by atoms with Gasteiger partial charge in [0.1, 0.15) is 11.6 Å². The van der Waals surface area contributed by atoms with Gasteiger partial charge in [0.05, 0.1) is 29.3 Å². The predicted octanol–water partition coefficient (Wildman–Crippen LogP) is 5.47. The number of rotatable bonds is 6. The second-order valence-electron chi connectivity index (χ2n) is 8.42. The Morgan fingerprint density at radius 2 is 1.89 bits per heavy atom. The third-order valence-corrected chi connectivity index (χ3v) is 5.36. The van der Waals surface area contributed by atoms with Crippen molar-refractivity contribution in [1.29, 1.82) is 5.26 Å². The van der Waals surface area contributed by atoms with E-state index in [-0.39, 0.29) is 22.7 Å². The lowest BCUT2D eigenvalue weighted by molar-refractivity contribution is -0.138. The van der Waals surface area contributed by atoms with E-state index in [9.17, 15) is 32.7 Å². The molecule has 0 radical (unpaired) electrons. The lowest BCUT2D eigenvalue weighted by Crippen LogP contribution is -2.30. The van der Waals surface area contributed by atoms with Crippen molar-refractivity contribution in [2.24, 2.45) is 0 Å². The van der Waals surface area contributed by atoms with Gasteiger partial charge in [0, 0.05) is 17.5 Å². The fraction of sp³-hybridized carbons (Fsp3) is 0.280. The highest BCUT2D eigenvalue weighted by molar-refractivity contribution is 6.00. The number of hydrogen-bond donors (Lipinski definition) is 4. The average molecular weight is 504 g/mol. The van der Waals surface area contributed by atoms with Crippen molar-refractivity contribution in [2.45, 2.75) is 38.6 Å². The van der Waals surface area contributed by atoms with E-state index in [4.69, 9.17) is 4.74 Å². The molecule has 0 saturated heterocycles. The zero-order chi connectivity index (χ0) is 26.7. The number of carbonyl (C=O) groups excluding carboxylic acids is 1. The third kappa shape index (κ3) is 5.95. The summed E-state index contributed by atoms with van der Waals surface area (Å²) in [5.41, 5.74) is -2.12. The Morgan fingerprint density at radius 1 is 1.17 bits per heavy atom. The summed E-state index contributed by atoms with van der Waals surface area (Å²) < 4.78 is 60.8. The maximum Gasteiger partial charge on any atom is 0.416 e. The molecular weight excluding hydrogens is 480 g/mol. The van der Waals surface area contributed by atoms with Gasteiger partial charge in [-0.25, -0.2) is 9.18 Å². The Labute approximate surface area is 205 Å². The normalized spacial score (nSPS) is 15.7. The zero-order valence-corrected chi connectivity index (χ0v) is 19.6. The number of amides is 2. The minimum Gasteiger partial charge on any atom is -0.493 e. The number of halogens is 4. The van der Waals surface area contributed by atoms with E-state index in [2.05, 4.69) is 16.0 Å². The maximum atomic E-state index is 14.7. The van der Waals surface area contributed by atoms with E-state index in [0.29, 0.717) is 17.7 Å². The lowest BCUT2D eigenvalue weighted by Gasteiger charge is -2.22. The molecule has 1 unspecified atom stereocenters. The van der Waals surface area contributed by atoms with Crippen molar-refractivity contribution >= 4 is 23.0 Å². The molecule has 1 atom stereocenters.